The minimum atomic E-state index is -0.365. The Hall–Kier alpha value is -2.54. The summed E-state index contributed by atoms with van der Waals surface area (Å²) in [5.74, 6) is 0.227. The van der Waals surface area contributed by atoms with Crippen molar-refractivity contribution in [3.8, 4) is 0 Å². The zero-order valence-electron chi connectivity index (χ0n) is 12.3. The molecule has 0 bridgehead atoms. The number of aromatic nitrogens is 3. The lowest BCUT2D eigenvalue weighted by Crippen LogP contribution is -2.43. The van der Waals surface area contributed by atoms with Crippen molar-refractivity contribution in [2.75, 3.05) is 25.4 Å². The van der Waals surface area contributed by atoms with Crippen LogP contribution in [-0.2, 0) is 4.74 Å². The van der Waals surface area contributed by atoms with Gasteiger partial charge in [0.25, 0.3) is 5.91 Å². The number of ether oxygens (including phenoxy) is 1. The van der Waals surface area contributed by atoms with E-state index in [9.17, 15) is 4.79 Å². The summed E-state index contributed by atoms with van der Waals surface area (Å²) >= 11 is 0. The maximum Gasteiger partial charge on any atom is 0.272 e. The van der Waals surface area contributed by atoms with E-state index in [1.165, 1.54) is 6.20 Å². The van der Waals surface area contributed by atoms with Crippen LogP contribution in [0.25, 0.3) is 0 Å². The molecule has 3 rings (SSSR count). The zero-order chi connectivity index (χ0) is 15.5. The van der Waals surface area contributed by atoms with Crippen LogP contribution in [0.4, 0.5) is 5.82 Å². The molecule has 1 saturated heterocycles. The molecule has 22 heavy (non-hydrogen) atoms. The van der Waals surface area contributed by atoms with E-state index in [0.717, 1.165) is 5.56 Å². The Bertz CT molecular complexity index is 691. The van der Waals surface area contributed by atoms with Gasteiger partial charge in [0, 0.05) is 25.1 Å². The van der Waals surface area contributed by atoms with E-state index in [-0.39, 0.29) is 12.0 Å². The molecule has 1 amide bonds. The van der Waals surface area contributed by atoms with Crippen molar-refractivity contribution in [3.05, 3.63) is 47.7 Å². The summed E-state index contributed by atoms with van der Waals surface area (Å²) in [7, 11) is 0. The third kappa shape index (κ3) is 2.75. The Morgan fingerprint density at radius 1 is 1.32 bits per heavy atom. The summed E-state index contributed by atoms with van der Waals surface area (Å²) < 4.78 is 5.69. The summed E-state index contributed by atoms with van der Waals surface area (Å²) in [5, 5.41) is 0. The van der Waals surface area contributed by atoms with Crippen molar-refractivity contribution in [1.29, 1.82) is 0 Å². The molecule has 1 aliphatic heterocycles. The Labute approximate surface area is 128 Å². The first kappa shape index (κ1) is 14.4. The second-order valence-electron chi connectivity index (χ2n) is 5.11. The summed E-state index contributed by atoms with van der Waals surface area (Å²) in [6.07, 6.45) is 4.36. The van der Waals surface area contributed by atoms with Crippen LogP contribution in [-0.4, -0.2) is 45.5 Å². The number of anilines is 1. The number of hydrogen-bond donors (Lipinski definition) is 1. The fourth-order valence-electron chi connectivity index (χ4n) is 2.47. The van der Waals surface area contributed by atoms with Gasteiger partial charge >= 0.3 is 0 Å². The molecule has 0 saturated carbocycles. The molecule has 2 aromatic heterocycles. The first-order chi connectivity index (χ1) is 10.7. The van der Waals surface area contributed by atoms with E-state index in [1.54, 1.807) is 17.3 Å². The van der Waals surface area contributed by atoms with Gasteiger partial charge in [-0.15, -0.1) is 0 Å². The predicted octanol–water partition coefficient (Wildman–Crippen LogP) is 0.976. The molecular formula is C15H17N5O2. The first-order valence-electron chi connectivity index (χ1n) is 7.05. The first-order valence-corrected chi connectivity index (χ1v) is 7.05. The number of amides is 1. The van der Waals surface area contributed by atoms with Crippen LogP contribution in [0.2, 0.25) is 0 Å². The predicted molar refractivity (Wildman–Crippen MR) is 80.0 cm³/mol. The van der Waals surface area contributed by atoms with Gasteiger partial charge in [0.1, 0.15) is 23.3 Å². The third-order valence-electron chi connectivity index (χ3n) is 3.63. The van der Waals surface area contributed by atoms with Gasteiger partial charge < -0.3 is 15.4 Å². The largest absolute Gasteiger partial charge is 0.382 e. The van der Waals surface area contributed by atoms with Gasteiger partial charge in [-0.1, -0.05) is 6.07 Å². The van der Waals surface area contributed by atoms with E-state index < -0.39 is 0 Å². The molecular weight excluding hydrogens is 282 g/mol. The van der Waals surface area contributed by atoms with Crippen molar-refractivity contribution in [1.82, 2.24) is 19.9 Å². The minimum absolute atomic E-state index is 0.103. The molecule has 0 unspecified atom stereocenters. The van der Waals surface area contributed by atoms with Crippen LogP contribution in [0.1, 0.15) is 27.8 Å². The number of pyridine rings is 1. The van der Waals surface area contributed by atoms with Gasteiger partial charge in [0.2, 0.25) is 0 Å². The van der Waals surface area contributed by atoms with Crippen LogP contribution < -0.4 is 5.73 Å². The molecule has 0 aromatic carbocycles. The average molecular weight is 299 g/mol. The topological polar surface area (TPSA) is 94.2 Å². The monoisotopic (exact) mass is 299 g/mol. The summed E-state index contributed by atoms with van der Waals surface area (Å²) in [6, 6.07) is 3.69. The molecule has 114 valence electrons. The smallest absolute Gasteiger partial charge is 0.272 e. The van der Waals surface area contributed by atoms with E-state index in [2.05, 4.69) is 15.0 Å². The molecule has 7 heteroatoms. The summed E-state index contributed by atoms with van der Waals surface area (Å²) in [4.78, 5) is 26.8. The number of aryl methyl sites for hydroxylation is 1. The number of rotatable bonds is 2. The van der Waals surface area contributed by atoms with Crippen LogP contribution in [0.5, 0.6) is 0 Å². The van der Waals surface area contributed by atoms with Gasteiger partial charge in [-0.05, 0) is 18.6 Å². The lowest BCUT2D eigenvalue weighted by Gasteiger charge is -2.32. The van der Waals surface area contributed by atoms with Crippen molar-refractivity contribution in [3.63, 3.8) is 0 Å². The van der Waals surface area contributed by atoms with Crippen molar-refractivity contribution < 1.29 is 9.53 Å². The van der Waals surface area contributed by atoms with Gasteiger partial charge in [0.05, 0.1) is 13.2 Å². The second kappa shape index (κ2) is 6.07. The summed E-state index contributed by atoms with van der Waals surface area (Å²) in [5.41, 5.74) is 7.73. The van der Waals surface area contributed by atoms with E-state index >= 15 is 0 Å². The van der Waals surface area contributed by atoms with Gasteiger partial charge in [0.15, 0.2) is 0 Å². The fourth-order valence-corrected chi connectivity index (χ4v) is 2.47. The fraction of sp³-hybridized carbons (Fsp3) is 0.333. The molecule has 3 heterocycles. The molecule has 0 spiro atoms. The number of carbonyl (C=O) groups is 1. The summed E-state index contributed by atoms with van der Waals surface area (Å²) in [6.45, 7) is 3.21. The molecule has 2 N–H and O–H groups in total. The lowest BCUT2D eigenvalue weighted by molar-refractivity contribution is -0.0247. The molecule has 7 nitrogen and oxygen atoms in total. The molecule has 0 aliphatic carbocycles. The van der Waals surface area contributed by atoms with Crippen molar-refractivity contribution in [2.24, 2.45) is 0 Å². The quantitative estimate of drug-likeness (QED) is 0.888. The van der Waals surface area contributed by atoms with Crippen LogP contribution in [0, 0.1) is 6.92 Å². The van der Waals surface area contributed by atoms with E-state index in [4.69, 9.17) is 10.5 Å². The molecule has 2 aromatic rings. The highest BCUT2D eigenvalue weighted by atomic mass is 16.5. The normalized spacial score (nSPS) is 18.2. The van der Waals surface area contributed by atoms with Gasteiger partial charge in [-0.25, -0.2) is 4.98 Å². The maximum absolute atomic E-state index is 12.6. The number of nitrogens with zero attached hydrogens (tertiary/aromatic N) is 4. The van der Waals surface area contributed by atoms with Crippen LogP contribution >= 0.6 is 0 Å². The molecule has 1 aliphatic rings. The number of morpholine rings is 1. The number of carbonyl (C=O) groups excluding carboxylic acids is 1. The number of hydrogen-bond acceptors (Lipinski definition) is 6. The van der Waals surface area contributed by atoms with Gasteiger partial charge in [-0.2, -0.15) is 0 Å². The highest BCUT2D eigenvalue weighted by molar-refractivity contribution is 5.93. The molecule has 1 fully saturated rings. The Morgan fingerprint density at radius 3 is 2.91 bits per heavy atom. The molecule has 1 atom stereocenters. The lowest BCUT2D eigenvalue weighted by atomic mass is 10.1. The highest BCUT2D eigenvalue weighted by Crippen LogP contribution is 2.24. The Kier molecular flexibility index (Phi) is 3.97. The van der Waals surface area contributed by atoms with Crippen LogP contribution in [0.3, 0.4) is 0 Å². The molecule has 0 radical (unpaired) electrons. The standard InChI is InChI=1S/C15H17N5O2/c1-10-3-2-4-17-12(10)15(21)20-7-8-22-11(9-20)13-14(16)19-6-5-18-13/h2-6,11H,7-9H2,1H3,(H2,16,19)/t11-/m0/s1. The average Bonchev–Trinajstić information content (AvgIpc) is 2.55. The SMILES string of the molecule is Cc1cccnc1C(=O)N1CCO[C@H](c2nccnc2N)C1. The second-order valence-corrected chi connectivity index (χ2v) is 5.11. The number of nitrogen functional groups attached to an aromatic ring is 1. The zero-order valence-corrected chi connectivity index (χ0v) is 12.3. The number of nitrogens with two attached hydrogens (primary N) is 1. The third-order valence-corrected chi connectivity index (χ3v) is 3.63. The Balaban J connectivity index is 1.80. The van der Waals surface area contributed by atoms with Crippen molar-refractivity contribution >= 4 is 11.7 Å². The van der Waals surface area contributed by atoms with E-state index in [0.29, 0.717) is 36.9 Å². The highest BCUT2D eigenvalue weighted by Gasteiger charge is 2.29. The minimum Gasteiger partial charge on any atom is -0.382 e. The Morgan fingerprint density at radius 2 is 2.14 bits per heavy atom. The van der Waals surface area contributed by atoms with E-state index in [1.807, 2.05) is 19.1 Å². The van der Waals surface area contributed by atoms with Crippen LogP contribution in [0.15, 0.2) is 30.7 Å². The maximum atomic E-state index is 12.6. The van der Waals surface area contributed by atoms with Crippen molar-refractivity contribution in [2.45, 2.75) is 13.0 Å². The van der Waals surface area contributed by atoms with Gasteiger partial charge in [-0.3, -0.25) is 14.8 Å².